The Morgan fingerprint density at radius 2 is 1.85 bits per heavy atom. The Balaban J connectivity index is 0. The second-order valence-corrected chi connectivity index (χ2v) is 2.07. The molecular weight excluding hydrogens is 166 g/mol. The highest BCUT2D eigenvalue weighted by Crippen LogP contribution is 1.65. The Morgan fingerprint density at radius 3 is 2.00 bits per heavy atom. The maximum Gasteiger partial charge on any atom is 0.327 e. The molecule has 0 bridgehead atoms. The number of carbonyl (C=O) groups is 1. The minimum absolute atomic E-state index is 0.867. The molecule has 0 heterocycles. The number of carboxylic acids is 1. The van der Waals surface area contributed by atoms with E-state index >= 15 is 0 Å². The molecule has 0 spiro atoms. The van der Waals surface area contributed by atoms with Gasteiger partial charge in [-0.15, -0.1) is 13.2 Å². The number of allylic oxidation sites excluding steroid dienone is 1. The van der Waals surface area contributed by atoms with Gasteiger partial charge in [-0.25, -0.2) is 4.79 Å². The molecule has 0 atom stereocenters. The smallest absolute Gasteiger partial charge is 0.327 e. The first-order chi connectivity index (χ1) is 6.18. The summed E-state index contributed by atoms with van der Waals surface area (Å²) >= 11 is 0. The van der Waals surface area contributed by atoms with E-state index in [0.717, 1.165) is 19.2 Å². The molecule has 0 radical (unpaired) electrons. The van der Waals surface area contributed by atoms with Crippen molar-refractivity contribution in [3.8, 4) is 0 Å². The van der Waals surface area contributed by atoms with E-state index in [-0.39, 0.29) is 0 Å². The van der Waals surface area contributed by atoms with Crippen molar-refractivity contribution in [3.05, 3.63) is 37.5 Å². The Kier molecular flexibility index (Phi) is 14.5. The van der Waals surface area contributed by atoms with E-state index in [1.807, 2.05) is 12.2 Å². The molecule has 0 amide bonds. The second kappa shape index (κ2) is 13.3. The molecule has 0 rings (SSSR count). The van der Waals surface area contributed by atoms with Crippen LogP contribution in [0.4, 0.5) is 0 Å². The summed E-state index contributed by atoms with van der Waals surface area (Å²) in [6.45, 7) is 10.5. The van der Waals surface area contributed by atoms with Crippen LogP contribution in [-0.4, -0.2) is 24.2 Å². The van der Waals surface area contributed by atoms with Crippen molar-refractivity contribution in [3.63, 3.8) is 0 Å². The average molecular weight is 183 g/mol. The van der Waals surface area contributed by atoms with Crippen molar-refractivity contribution in [2.45, 2.75) is 6.92 Å². The van der Waals surface area contributed by atoms with Crippen molar-refractivity contribution >= 4 is 5.97 Å². The fourth-order valence-corrected chi connectivity index (χ4v) is 0.430. The molecule has 0 unspecified atom stereocenters. The zero-order chi connectivity index (χ0) is 10.5. The summed E-state index contributed by atoms with van der Waals surface area (Å²) in [4.78, 5) is 9.51. The lowest BCUT2D eigenvalue weighted by Gasteiger charge is -1.90. The van der Waals surface area contributed by atoms with Gasteiger partial charge in [-0.05, 0) is 6.92 Å². The van der Waals surface area contributed by atoms with Gasteiger partial charge in [-0.1, -0.05) is 18.2 Å². The second-order valence-electron chi connectivity index (χ2n) is 2.07. The van der Waals surface area contributed by atoms with Gasteiger partial charge >= 0.3 is 5.97 Å². The molecule has 0 aliphatic heterocycles. The first-order valence-electron chi connectivity index (χ1n) is 3.97. The van der Waals surface area contributed by atoms with Crippen molar-refractivity contribution < 1.29 is 9.90 Å². The highest BCUT2D eigenvalue weighted by Gasteiger charge is 1.76. The van der Waals surface area contributed by atoms with Gasteiger partial charge in [-0.2, -0.15) is 0 Å². The summed E-state index contributed by atoms with van der Waals surface area (Å²) in [6.07, 6.45) is 6.20. The predicted octanol–water partition coefficient (Wildman–Crippen LogP) is 1.60. The van der Waals surface area contributed by atoms with Gasteiger partial charge in [0.1, 0.15) is 0 Å². The highest BCUT2D eigenvalue weighted by molar-refractivity contribution is 5.79. The Bertz CT molecular complexity index is 166. The van der Waals surface area contributed by atoms with Gasteiger partial charge in [0, 0.05) is 19.2 Å². The van der Waals surface area contributed by atoms with E-state index in [2.05, 4.69) is 18.5 Å². The molecule has 0 aromatic heterocycles. The number of nitrogens with one attached hydrogen (secondary N) is 1. The standard InChI is InChI=1S/C6H11N.C4H6O2/c1-3-5-7-6-4-2;1-2-3-4(5)6/h3-4,7H,1-2,5-6H2;2-3H,1H3,(H,5,6). The van der Waals surface area contributed by atoms with Crippen molar-refractivity contribution in [2.24, 2.45) is 0 Å². The molecule has 3 nitrogen and oxygen atoms in total. The minimum atomic E-state index is -0.891. The van der Waals surface area contributed by atoms with Crippen LogP contribution in [-0.2, 0) is 4.79 Å². The lowest BCUT2D eigenvalue weighted by Crippen LogP contribution is -2.11. The van der Waals surface area contributed by atoms with Gasteiger partial charge in [0.05, 0.1) is 0 Å². The summed E-state index contributed by atoms with van der Waals surface area (Å²) in [5.41, 5.74) is 0. The number of rotatable bonds is 5. The van der Waals surface area contributed by atoms with Crippen LogP contribution >= 0.6 is 0 Å². The van der Waals surface area contributed by atoms with Crippen LogP contribution in [0.15, 0.2) is 37.5 Å². The fraction of sp³-hybridized carbons (Fsp3) is 0.300. The number of carboxylic acid groups (broad SMARTS) is 1. The van der Waals surface area contributed by atoms with E-state index in [1.54, 1.807) is 6.92 Å². The van der Waals surface area contributed by atoms with Crippen LogP contribution in [0.25, 0.3) is 0 Å². The topological polar surface area (TPSA) is 49.3 Å². The molecule has 0 saturated heterocycles. The monoisotopic (exact) mass is 183 g/mol. The van der Waals surface area contributed by atoms with Crippen LogP contribution < -0.4 is 5.32 Å². The zero-order valence-electron chi connectivity index (χ0n) is 7.99. The third kappa shape index (κ3) is 25.0. The SMILES string of the molecule is C=CCNCC=C.CC=CC(=O)O. The third-order valence-corrected chi connectivity index (χ3v) is 0.887. The molecule has 0 aliphatic rings. The summed E-state index contributed by atoms with van der Waals surface area (Å²) in [7, 11) is 0. The molecular formula is C10H17NO2. The zero-order valence-corrected chi connectivity index (χ0v) is 7.99. The molecule has 0 saturated carbocycles. The van der Waals surface area contributed by atoms with E-state index < -0.39 is 5.97 Å². The number of hydrogen-bond acceptors (Lipinski definition) is 2. The maximum absolute atomic E-state index is 9.51. The molecule has 74 valence electrons. The maximum atomic E-state index is 9.51. The van der Waals surface area contributed by atoms with Crippen LogP contribution in [0, 0.1) is 0 Å². The highest BCUT2D eigenvalue weighted by atomic mass is 16.4. The number of aliphatic carboxylic acids is 1. The first-order valence-corrected chi connectivity index (χ1v) is 3.97. The molecule has 0 aliphatic carbocycles. The van der Waals surface area contributed by atoms with Gasteiger partial charge in [-0.3, -0.25) is 0 Å². The molecule has 13 heavy (non-hydrogen) atoms. The minimum Gasteiger partial charge on any atom is -0.478 e. The predicted molar refractivity (Wildman–Crippen MR) is 55.7 cm³/mol. The number of hydrogen-bond donors (Lipinski definition) is 2. The van der Waals surface area contributed by atoms with Gasteiger partial charge in [0.2, 0.25) is 0 Å². The third-order valence-electron chi connectivity index (χ3n) is 0.887. The first kappa shape index (κ1) is 14.2. The Hall–Kier alpha value is -1.35. The Labute approximate surface area is 79.5 Å². The van der Waals surface area contributed by atoms with Gasteiger partial charge < -0.3 is 10.4 Å². The average Bonchev–Trinajstić information content (AvgIpc) is 2.06. The largest absolute Gasteiger partial charge is 0.478 e. The molecule has 2 N–H and O–H groups in total. The molecule has 0 aromatic rings. The summed E-state index contributed by atoms with van der Waals surface area (Å²) in [5.74, 6) is -0.891. The normalized spacial score (nSPS) is 8.69. The molecule has 3 heteroatoms. The van der Waals surface area contributed by atoms with Crippen molar-refractivity contribution in [1.82, 2.24) is 5.32 Å². The lowest BCUT2D eigenvalue weighted by atomic mass is 10.5. The van der Waals surface area contributed by atoms with Crippen LogP contribution in [0.3, 0.4) is 0 Å². The van der Waals surface area contributed by atoms with Crippen molar-refractivity contribution in [2.75, 3.05) is 13.1 Å². The Morgan fingerprint density at radius 1 is 1.38 bits per heavy atom. The van der Waals surface area contributed by atoms with Crippen molar-refractivity contribution in [1.29, 1.82) is 0 Å². The van der Waals surface area contributed by atoms with E-state index in [9.17, 15) is 4.79 Å². The van der Waals surface area contributed by atoms with E-state index in [1.165, 1.54) is 6.08 Å². The summed E-state index contributed by atoms with van der Waals surface area (Å²) in [6, 6.07) is 0. The quantitative estimate of drug-likeness (QED) is 0.386. The van der Waals surface area contributed by atoms with Crippen LogP contribution in [0.1, 0.15) is 6.92 Å². The van der Waals surface area contributed by atoms with Gasteiger partial charge in [0.25, 0.3) is 0 Å². The summed E-state index contributed by atoms with van der Waals surface area (Å²) in [5, 5.41) is 10.9. The molecule has 0 fully saturated rings. The summed E-state index contributed by atoms with van der Waals surface area (Å²) < 4.78 is 0. The van der Waals surface area contributed by atoms with Crippen LogP contribution in [0.2, 0.25) is 0 Å². The lowest BCUT2D eigenvalue weighted by molar-refractivity contribution is -0.131. The van der Waals surface area contributed by atoms with E-state index in [0.29, 0.717) is 0 Å². The van der Waals surface area contributed by atoms with E-state index in [4.69, 9.17) is 5.11 Å². The molecule has 0 aromatic carbocycles. The fourth-order valence-electron chi connectivity index (χ4n) is 0.430. The van der Waals surface area contributed by atoms with Gasteiger partial charge in [0.15, 0.2) is 0 Å². The van der Waals surface area contributed by atoms with Crippen LogP contribution in [0.5, 0.6) is 0 Å².